The first kappa shape index (κ1) is 16.2. The van der Waals surface area contributed by atoms with Crippen LogP contribution >= 0.6 is 11.3 Å². The number of carbonyl (C=O) groups is 1. The molecule has 6 nitrogen and oxygen atoms in total. The van der Waals surface area contributed by atoms with Crippen LogP contribution < -0.4 is 5.32 Å². The number of nitrogens with one attached hydrogen (secondary N) is 1. The predicted octanol–water partition coefficient (Wildman–Crippen LogP) is 1.34. The van der Waals surface area contributed by atoms with E-state index in [4.69, 9.17) is 4.74 Å². The molecule has 0 radical (unpaired) electrons. The number of aromatic nitrogens is 2. The van der Waals surface area contributed by atoms with Crippen molar-refractivity contribution in [3.63, 3.8) is 0 Å². The van der Waals surface area contributed by atoms with Crippen LogP contribution in [0.2, 0.25) is 0 Å². The largest absolute Gasteiger partial charge is 0.383 e. The summed E-state index contributed by atoms with van der Waals surface area (Å²) in [5.74, 6) is -0.149. The smallest absolute Gasteiger partial charge is 0.230 e. The van der Waals surface area contributed by atoms with E-state index >= 15 is 0 Å². The molecule has 0 fully saturated rings. The van der Waals surface area contributed by atoms with Crippen molar-refractivity contribution >= 4 is 17.2 Å². The van der Waals surface area contributed by atoms with Crippen molar-refractivity contribution in [3.8, 4) is 0 Å². The first-order valence-corrected chi connectivity index (χ1v) is 8.63. The first-order chi connectivity index (χ1) is 11.2. The highest BCUT2D eigenvalue weighted by molar-refractivity contribution is 7.07. The lowest BCUT2D eigenvalue weighted by Crippen LogP contribution is -2.42. The Balaban J connectivity index is 1.76. The molecule has 0 saturated heterocycles. The van der Waals surface area contributed by atoms with Crippen molar-refractivity contribution in [1.29, 1.82) is 0 Å². The third-order valence-corrected chi connectivity index (χ3v) is 4.85. The normalized spacial score (nSPS) is 17.9. The standard InChI is InChI=1S/C16H22N4O2S/c1-19-11-18-14-9-20(7-12-3-6-23-10-12)8-13(15(14)19)16(21)17-4-5-22-2/h3,6,10-11,13H,4-5,7-9H2,1-2H3,(H,17,21)/t13-/m1/s1. The number of thiophene rings is 1. The van der Waals surface area contributed by atoms with Gasteiger partial charge < -0.3 is 14.6 Å². The van der Waals surface area contributed by atoms with Gasteiger partial charge in [-0.05, 0) is 22.4 Å². The van der Waals surface area contributed by atoms with Crippen LogP contribution in [0.25, 0.3) is 0 Å². The van der Waals surface area contributed by atoms with Crippen molar-refractivity contribution in [3.05, 3.63) is 40.1 Å². The summed E-state index contributed by atoms with van der Waals surface area (Å²) in [5, 5.41) is 7.20. The van der Waals surface area contributed by atoms with Crippen LogP contribution in [0.3, 0.4) is 0 Å². The van der Waals surface area contributed by atoms with E-state index in [0.717, 1.165) is 24.5 Å². The van der Waals surface area contributed by atoms with Crippen molar-refractivity contribution in [1.82, 2.24) is 19.8 Å². The highest BCUT2D eigenvalue weighted by Crippen LogP contribution is 2.28. The Morgan fingerprint density at radius 1 is 1.57 bits per heavy atom. The molecule has 3 heterocycles. The van der Waals surface area contributed by atoms with Gasteiger partial charge in [0.1, 0.15) is 0 Å². The maximum atomic E-state index is 12.6. The first-order valence-electron chi connectivity index (χ1n) is 7.69. The summed E-state index contributed by atoms with van der Waals surface area (Å²) >= 11 is 1.70. The summed E-state index contributed by atoms with van der Waals surface area (Å²) in [5.41, 5.74) is 3.32. The average molecular weight is 334 g/mol. The van der Waals surface area contributed by atoms with E-state index in [9.17, 15) is 4.79 Å². The zero-order chi connectivity index (χ0) is 16.2. The van der Waals surface area contributed by atoms with E-state index in [0.29, 0.717) is 19.7 Å². The summed E-state index contributed by atoms with van der Waals surface area (Å²) in [6.45, 7) is 3.40. The quantitative estimate of drug-likeness (QED) is 0.810. The lowest BCUT2D eigenvalue weighted by atomic mass is 9.97. The molecular formula is C16H22N4O2S. The molecule has 0 bridgehead atoms. The minimum Gasteiger partial charge on any atom is -0.383 e. The van der Waals surface area contributed by atoms with Gasteiger partial charge in [0.2, 0.25) is 5.91 Å². The van der Waals surface area contributed by atoms with Gasteiger partial charge >= 0.3 is 0 Å². The summed E-state index contributed by atoms with van der Waals surface area (Å²) < 4.78 is 6.98. The summed E-state index contributed by atoms with van der Waals surface area (Å²) in [7, 11) is 3.59. The number of fused-ring (bicyclic) bond motifs is 1. The van der Waals surface area contributed by atoms with E-state index in [-0.39, 0.29) is 11.8 Å². The fraction of sp³-hybridized carbons (Fsp3) is 0.500. The molecule has 23 heavy (non-hydrogen) atoms. The molecule has 2 aromatic heterocycles. The van der Waals surface area contributed by atoms with E-state index in [1.54, 1.807) is 24.8 Å². The molecule has 0 unspecified atom stereocenters. The summed E-state index contributed by atoms with van der Waals surface area (Å²) in [6.07, 6.45) is 1.80. The molecule has 1 atom stereocenters. The number of methoxy groups -OCH3 is 1. The molecule has 0 saturated carbocycles. The topological polar surface area (TPSA) is 59.4 Å². The van der Waals surface area contributed by atoms with Crippen molar-refractivity contribution in [2.45, 2.75) is 19.0 Å². The van der Waals surface area contributed by atoms with Gasteiger partial charge in [-0.2, -0.15) is 11.3 Å². The summed E-state index contributed by atoms with van der Waals surface area (Å²) in [4.78, 5) is 19.4. The number of imidazole rings is 1. The number of hydrogen-bond acceptors (Lipinski definition) is 5. The Hall–Kier alpha value is -1.70. The predicted molar refractivity (Wildman–Crippen MR) is 89.3 cm³/mol. The highest BCUT2D eigenvalue weighted by Gasteiger charge is 2.33. The fourth-order valence-corrected chi connectivity index (χ4v) is 3.71. The molecule has 0 spiro atoms. The Morgan fingerprint density at radius 2 is 2.43 bits per heavy atom. The molecule has 3 rings (SSSR count). The van der Waals surface area contributed by atoms with Gasteiger partial charge in [0, 0.05) is 40.3 Å². The number of aryl methyl sites for hydroxylation is 1. The van der Waals surface area contributed by atoms with Crippen LogP contribution in [0.5, 0.6) is 0 Å². The van der Waals surface area contributed by atoms with Gasteiger partial charge in [-0.25, -0.2) is 4.98 Å². The Morgan fingerprint density at radius 3 is 3.17 bits per heavy atom. The van der Waals surface area contributed by atoms with Crippen molar-refractivity contribution in [2.75, 3.05) is 26.8 Å². The molecule has 1 N–H and O–H groups in total. The van der Waals surface area contributed by atoms with Crippen LogP contribution in [0, 0.1) is 0 Å². The van der Waals surface area contributed by atoms with E-state index in [1.807, 2.05) is 11.6 Å². The minimum atomic E-state index is -0.193. The van der Waals surface area contributed by atoms with Crippen LogP contribution in [-0.4, -0.2) is 47.2 Å². The van der Waals surface area contributed by atoms with Gasteiger partial charge in [-0.15, -0.1) is 0 Å². The second kappa shape index (κ2) is 7.25. The zero-order valence-corrected chi connectivity index (χ0v) is 14.3. The maximum absolute atomic E-state index is 12.6. The van der Waals surface area contributed by atoms with E-state index < -0.39 is 0 Å². The third kappa shape index (κ3) is 3.63. The number of carbonyl (C=O) groups excluding carboxylic acids is 1. The van der Waals surface area contributed by atoms with Crippen LogP contribution in [0.15, 0.2) is 23.2 Å². The van der Waals surface area contributed by atoms with Gasteiger partial charge in [0.05, 0.1) is 30.2 Å². The third-order valence-electron chi connectivity index (χ3n) is 4.11. The Kier molecular flexibility index (Phi) is 5.09. The molecule has 1 aliphatic heterocycles. The SMILES string of the molecule is COCCNC(=O)[C@@H]1CN(Cc2ccsc2)Cc2ncn(C)c21. The molecule has 2 aromatic rings. The lowest BCUT2D eigenvalue weighted by molar-refractivity contribution is -0.123. The Bertz CT molecular complexity index is 653. The molecule has 124 valence electrons. The van der Waals surface area contributed by atoms with Crippen molar-refractivity contribution < 1.29 is 9.53 Å². The molecule has 7 heteroatoms. The van der Waals surface area contributed by atoms with Gasteiger partial charge in [-0.1, -0.05) is 0 Å². The number of rotatable bonds is 6. The van der Waals surface area contributed by atoms with E-state index in [1.165, 1.54) is 5.56 Å². The molecule has 1 aliphatic rings. The van der Waals surface area contributed by atoms with Crippen LogP contribution in [0.4, 0.5) is 0 Å². The number of hydrogen-bond donors (Lipinski definition) is 1. The average Bonchev–Trinajstić information content (AvgIpc) is 3.17. The highest BCUT2D eigenvalue weighted by atomic mass is 32.1. The Labute approximate surface area is 140 Å². The monoisotopic (exact) mass is 334 g/mol. The number of amides is 1. The fourth-order valence-electron chi connectivity index (χ4n) is 3.05. The second-order valence-corrected chi connectivity index (χ2v) is 6.61. The molecule has 1 amide bonds. The van der Waals surface area contributed by atoms with E-state index in [2.05, 4.69) is 32.0 Å². The van der Waals surface area contributed by atoms with Gasteiger partial charge in [0.25, 0.3) is 0 Å². The van der Waals surface area contributed by atoms with Crippen molar-refractivity contribution in [2.24, 2.45) is 7.05 Å². The number of ether oxygens (including phenoxy) is 1. The number of nitrogens with zero attached hydrogens (tertiary/aromatic N) is 3. The molecular weight excluding hydrogens is 312 g/mol. The minimum absolute atomic E-state index is 0.0434. The molecule has 0 aliphatic carbocycles. The maximum Gasteiger partial charge on any atom is 0.230 e. The zero-order valence-electron chi connectivity index (χ0n) is 13.5. The van der Waals surface area contributed by atoms with Gasteiger partial charge in [-0.3, -0.25) is 9.69 Å². The van der Waals surface area contributed by atoms with Gasteiger partial charge in [0.15, 0.2) is 0 Å². The van der Waals surface area contributed by atoms with Crippen LogP contribution in [0.1, 0.15) is 22.9 Å². The van der Waals surface area contributed by atoms with Crippen LogP contribution in [-0.2, 0) is 29.7 Å². The summed E-state index contributed by atoms with van der Waals surface area (Å²) in [6, 6.07) is 2.13. The lowest BCUT2D eigenvalue weighted by Gasteiger charge is -2.32. The second-order valence-electron chi connectivity index (χ2n) is 5.83. The molecule has 0 aromatic carbocycles.